The van der Waals surface area contributed by atoms with E-state index in [1.54, 1.807) is 24.3 Å². The largest absolute Gasteiger partial charge is 0.545 e. The Bertz CT molecular complexity index is 557. The van der Waals surface area contributed by atoms with E-state index in [4.69, 9.17) is 4.74 Å². The van der Waals surface area contributed by atoms with Gasteiger partial charge in [0, 0.05) is 11.1 Å². The Kier molecular flexibility index (Phi) is 4.56. The Morgan fingerprint density at radius 3 is 2.50 bits per heavy atom. The Labute approximate surface area is 118 Å². The number of benzene rings is 1. The van der Waals surface area contributed by atoms with E-state index >= 15 is 0 Å². The fourth-order valence-electron chi connectivity index (χ4n) is 2.32. The van der Waals surface area contributed by atoms with E-state index in [9.17, 15) is 14.7 Å². The summed E-state index contributed by atoms with van der Waals surface area (Å²) < 4.78 is 5.13. The molecule has 2 rings (SSSR count). The number of carbonyl (C=O) groups is 2. The Hall–Kier alpha value is -2.10. The van der Waals surface area contributed by atoms with Gasteiger partial charge in [-0.15, -0.1) is 0 Å². The molecular formula is C16H17O4-. The predicted molar refractivity (Wildman–Crippen MR) is 72.5 cm³/mol. The van der Waals surface area contributed by atoms with Crippen molar-refractivity contribution in [3.63, 3.8) is 0 Å². The standard InChI is InChI=1S/C16H18O4/c1-2-3-4-5-10-13(15(17)18)14-11-8-6-7-9-12(11)16(19)20-14/h6-9H,2-5,10H2,1H3,(H,17,18)/p-1. The molecule has 1 aliphatic heterocycles. The molecular weight excluding hydrogens is 256 g/mol. The Balaban J connectivity index is 2.28. The number of aliphatic carboxylic acids is 1. The summed E-state index contributed by atoms with van der Waals surface area (Å²) in [6, 6.07) is 6.81. The first kappa shape index (κ1) is 14.3. The molecule has 0 amide bonds. The summed E-state index contributed by atoms with van der Waals surface area (Å²) in [5, 5.41) is 11.3. The molecule has 0 spiro atoms. The molecule has 1 heterocycles. The average Bonchev–Trinajstić information content (AvgIpc) is 2.76. The topological polar surface area (TPSA) is 66.4 Å². The van der Waals surface area contributed by atoms with Crippen LogP contribution in [0.5, 0.6) is 0 Å². The first-order valence-corrected chi connectivity index (χ1v) is 6.91. The van der Waals surface area contributed by atoms with E-state index in [1.807, 2.05) is 0 Å². The number of esters is 1. The van der Waals surface area contributed by atoms with Crippen molar-refractivity contribution in [1.82, 2.24) is 0 Å². The second kappa shape index (κ2) is 6.37. The predicted octanol–water partition coefficient (Wildman–Crippen LogP) is 2.29. The van der Waals surface area contributed by atoms with Gasteiger partial charge in [0.05, 0.1) is 11.5 Å². The van der Waals surface area contributed by atoms with Gasteiger partial charge >= 0.3 is 5.97 Å². The number of unbranched alkanes of at least 4 members (excludes halogenated alkanes) is 3. The summed E-state index contributed by atoms with van der Waals surface area (Å²) >= 11 is 0. The van der Waals surface area contributed by atoms with Crippen LogP contribution in [-0.4, -0.2) is 11.9 Å². The molecule has 106 valence electrons. The summed E-state index contributed by atoms with van der Waals surface area (Å²) in [4.78, 5) is 23.0. The first-order valence-electron chi connectivity index (χ1n) is 6.91. The van der Waals surface area contributed by atoms with Gasteiger partial charge in [0.15, 0.2) is 0 Å². The maximum absolute atomic E-state index is 11.7. The molecule has 0 radical (unpaired) electrons. The van der Waals surface area contributed by atoms with Crippen molar-refractivity contribution in [2.24, 2.45) is 0 Å². The SMILES string of the molecule is CCCCCCC(C(=O)[O-])=C1OC(=O)c2ccccc21. The molecule has 1 aromatic carbocycles. The van der Waals surface area contributed by atoms with Gasteiger partial charge in [0.25, 0.3) is 0 Å². The van der Waals surface area contributed by atoms with Crippen LogP contribution in [0.25, 0.3) is 5.76 Å². The minimum Gasteiger partial charge on any atom is -0.545 e. The van der Waals surface area contributed by atoms with E-state index in [-0.39, 0.29) is 11.3 Å². The monoisotopic (exact) mass is 273 g/mol. The number of carboxylic acid groups (broad SMARTS) is 1. The lowest BCUT2D eigenvalue weighted by Crippen LogP contribution is -2.25. The molecule has 4 heteroatoms. The highest BCUT2D eigenvalue weighted by molar-refractivity contribution is 6.07. The van der Waals surface area contributed by atoms with Gasteiger partial charge in [-0.25, -0.2) is 4.79 Å². The summed E-state index contributed by atoms with van der Waals surface area (Å²) in [5.41, 5.74) is 1.04. The average molecular weight is 273 g/mol. The molecule has 0 bridgehead atoms. The zero-order valence-corrected chi connectivity index (χ0v) is 11.5. The highest BCUT2D eigenvalue weighted by Gasteiger charge is 2.28. The lowest BCUT2D eigenvalue weighted by molar-refractivity contribution is -0.299. The third-order valence-corrected chi connectivity index (χ3v) is 3.39. The number of hydrogen-bond donors (Lipinski definition) is 0. The van der Waals surface area contributed by atoms with Gasteiger partial charge in [-0.2, -0.15) is 0 Å². The molecule has 0 atom stereocenters. The lowest BCUT2D eigenvalue weighted by atomic mass is 10.0. The van der Waals surface area contributed by atoms with E-state index in [2.05, 4.69) is 6.92 Å². The van der Waals surface area contributed by atoms with Crippen LogP contribution in [0.2, 0.25) is 0 Å². The Morgan fingerprint density at radius 1 is 1.15 bits per heavy atom. The van der Waals surface area contributed by atoms with Gasteiger partial charge in [0.1, 0.15) is 5.76 Å². The number of cyclic esters (lactones) is 1. The third kappa shape index (κ3) is 2.90. The molecule has 1 aromatic rings. The number of hydrogen-bond acceptors (Lipinski definition) is 4. The minimum atomic E-state index is -1.26. The first-order chi connectivity index (χ1) is 9.65. The molecule has 0 fully saturated rings. The molecule has 0 aliphatic carbocycles. The van der Waals surface area contributed by atoms with Gasteiger partial charge in [-0.3, -0.25) is 0 Å². The van der Waals surface area contributed by atoms with Crippen LogP contribution < -0.4 is 5.11 Å². The maximum Gasteiger partial charge on any atom is 0.344 e. The number of fused-ring (bicyclic) bond motifs is 1. The second-order valence-electron chi connectivity index (χ2n) is 4.84. The zero-order chi connectivity index (χ0) is 14.5. The summed E-state index contributed by atoms with van der Waals surface area (Å²) in [5.74, 6) is -1.61. The molecule has 0 saturated heterocycles. The van der Waals surface area contributed by atoms with Crippen molar-refractivity contribution in [2.75, 3.05) is 0 Å². The van der Waals surface area contributed by atoms with Gasteiger partial charge in [-0.1, -0.05) is 44.4 Å². The summed E-state index contributed by atoms with van der Waals surface area (Å²) in [7, 11) is 0. The van der Waals surface area contributed by atoms with Crippen LogP contribution in [0.1, 0.15) is 54.9 Å². The fourth-order valence-corrected chi connectivity index (χ4v) is 2.32. The molecule has 0 N–H and O–H groups in total. The fraction of sp³-hybridized carbons (Fsp3) is 0.375. The number of carboxylic acids is 1. The van der Waals surface area contributed by atoms with Crippen molar-refractivity contribution in [3.8, 4) is 0 Å². The number of ether oxygens (including phenoxy) is 1. The lowest BCUT2D eigenvalue weighted by Gasteiger charge is -2.12. The van der Waals surface area contributed by atoms with Crippen molar-refractivity contribution in [3.05, 3.63) is 41.0 Å². The summed E-state index contributed by atoms with van der Waals surface area (Å²) in [6.07, 6.45) is 4.21. The van der Waals surface area contributed by atoms with Crippen LogP contribution in [0.15, 0.2) is 29.8 Å². The van der Waals surface area contributed by atoms with Gasteiger partial charge in [0.2, 0.25) is 0 Å². The normalized spacial score (nSPS) is 15.8. The van der Waals surface area contributed by atoms with Gasteiger partial charge < -0.3 is 14.6 Å². The van der Waals surface area contributed by atoms with Crippen LogP contribution in [0, 0.1) is 0 Å². The van der Waals surface area contributed by atoms with Crippen LogP contribution in [0.3, 0.4) is 0 Å². The molecule has 0 saturated carbocycles. The van der Waals surface area contributed by atoms with Crippen molar-refractivity contribution in [1.29, 1.82) is 0 Å². The molecule has 0 aromatic heterocycles. The van der Waals surface area contributed by atoms with Crippen LogP contribution in [-0.2, 0) is 9.53 Å². The highest BCUT2D eigenvalue weighted by atomic mass is 16.5. The van der Waals surface area contributed by atoms with Crippen molar-refractivity contribution in [2.45, 2.75) is 39.0 Å². The molecule has 4 nitrogen and oxygen atoms in total. The third-order valence-electron chi connectivity index (χ3n) is 3.39. The molecule has 1 aliphatic rings. The quantitative estimate of drug-likeness (QED) is 0.453. The van der Waals surface area contributed by atoms with Crippen molar-refractivity contribution < 1.29 is 19.4 Å². The van der Waals surface area contributed by atoms with E-state index in [0.29, 0.717) is 17.5 Å². The van der Waals surface area contributed by atoms with E-state index in [0.717, 1.165) is 25.7 Å². The Morgan fingerprint density at radius 2 is 1.85 bits per heavy atom. The van der Waals surface area contributed by atoms with Crippen LogP contribution >= 0.6 is 0 Å². The smallest absolute Gasteiger partial charge is 0.344 e. The molecule has 0 unspecified atom stereocenters. The van der Waals surface area contributed by atoms with E-state index < -0.39 is 11.9 Å². The number of carbonyl (C=O) groups excluding carboxylic acids is 2. The minimum absolute atomic E-state index is 0.0828. The van der Waals surface area contributed by atoms with Crippen molar-refractivity contribution >= 4 is 17.7 Å². The van der Waals surface area contributed by atoms with E-state index in [1.165, 1.54) is 0 Å². The zero-order valence-electron chi connectivity index (χ0n) is 11.5. The number of rotatable bonds is 6. The van der Waals surface area contributed by atoms with Gasteiger partial charge in [-0.05, 0) is 18.9 Å². The second-order valence-corrected chi connectivity index (χ2v) is 4.84. The molecule has 20 heavy (non-hydrogen) atoms. The maximum atomic E-state index is 11.7. The summed E-state index contributed by atoms with van der Waals surface area (Å²) in [6.45, 7) is 2.09. The highest BCUT2D eigenvalue weighted by Crippen LogP contribution is 2.33. The van der Waals surface area contributed by atoms with Crippen LogP contribution in [0.4, 0.5) is 0 Å².